The Morgan fingerprint density at radius 2 is 1.77 bits per heavy atom. The van der Waals surface area contributed by atoms with Crippen LogP contribution in [0.3, 0.4) is 0 Å². The molecule has 0 saturated heterocycles. The lowest BCUT2D eigenvalue weighted by atomic mass is 9.84. The maximum absolute atomic E-state index is 11.8. The Labute approximate surface area is 180 Å². The fourth-order valence-electron chi connectivity index (χ4n) is 4.18. The van der Waals surface area contributed by atoms with E-state index in [1.54, 1.807) is 13.3 Å². The highest BCUT2D eigenvalue weighted by Crippen LogP contribution is 2.37. The third kappa shape index (κ3) is 3.14. The molecule has 154 valence electrons. The van der Waals surface area contributed by atoms with Crippen LogP contribution in [0.15, 0.2) is 85.2 Å². The number of benzene rings is 3. The Hall–Kier alpha value is -3.70. The van der Waals surface area contributed by atoms with Gasteiger partial charge in [0, 0.05) is 17.0 Å². The molecule has 0 fully saturated rings. The van der Waals surface area contributed by atoms with Crippen molar-refractivity contribution in [2.75, 3.05) is 7.11 Å². The minimum absolute atomic E-state index is 0.506. The van der Waals surface area contributed by atoms with E-state index >= 15 is 0 Å². The standard InChI is InChI=1S/C26H23N3O2/c1-3-26(30,25-23-7-5-4-6-18(23)14-15-27-25)20-8-13-24-19(16-20)17-28-29(24)21-9-11-22(31-2)12-10-21/h4-17,30H,3H2,1-2H3. The number of ether oxygens (including phenoxy) is 1. The van der Waals surface area contributed by atoms with Crippen LogP contribution in [0.5, 0.6) is 5.75 Å². The summed E-state index contributed by atoms with van der Waals surface area (Å²) >= 11 is 0. The molecule has 5 nitrogen and oxygen atoms in total. The molecule has 3 aromatic carbocycles. The lowest BCUT2D eigenvalue weighted by Gasteiger charge is -2.28. The predicted octanol–water partition coefficient (Wildman–Crippen LogP) is 5.23. The van der Waals surface area contributed by atoms with Crippen molar-refractivity contribution >= 4 is 21.7 Å². The SMILES string of the molecule is CCC(O)(c1ccc2c(cnn2-c2ccc(OC)cc2)c1)c1nccc2ccccc12. The molecule has 31 heavy (non-hydrogen) atoms. The van der Waals surface area contributed by atoms with Crippen molar-refractivity contribution in [3.8, 4) is 11.4 Å². The first kappa shape index (κ1) is 19.3. The van der Waals surface area contributed by atoms with Crippen LogP contribution in [0, 0.1) is 0 Å². The molecule has 5 rings (SSSR count). The molecule has 1 atom stereocenters. The van der Waals surface area contributed by atoms with Crippen LogP contribution in [0.25, 0.3) is 27.4 Å². The molecule has 0 aliphatic rings. The number of fused-ring (bicyclic) bond motifs is 2. The van der Waals surface area contributed by atoms with Gasteiger partial charge < -0.3 is 9.84 Å². The zero-order valence-corrected chi connectivity index (χ0v) is 17.5. The van der Waals surface area contributed by atoms with Gasteiger partial charge in [0.05, 0.1) is 30.2 Å². The first-order chi connectivity index (χ1) is 15.1. The summed E-state index contributed by atoms with van der Waals surface area (Å²) in [6, 6.07) is 23.8. The fourth-order valence-corrected chi connectivity index (χ4v) is 4.18. The normalized spacial score (nSPS) is 13.4. The van der Waals surface area contributed by atoms with E-state index in [1.807, 2.05) is 90.6 Å². The number of pyridine rings is 1. The zero-order chi connectivity index (χ0) is 21.4. The van der Waals surface area contributed by atoms with Gasteiger partial charge >= 0.3 is 0 Å². The summed E-state index contributed by atoms with van der Waals surface area (Å²) in [6.45, 7) is 1.98. The van der Waals surface area contributed by atoms with Crippen molar-refractivity contribution in [2.45, 2.75) is 18.9 Å². The van der Waals surface area contributed by atoms with Crippen molar-refractivity contribution < 1.29 is 9.84 Å². The molecule has 2 aromatic heterocycles. The number of hydrogen-bond donors (Lipinski definition) is 1. The van der Waals surface area contributed by atoms with Crippen LogP contribution in [-0.2, 0) is 5.60 Å². The molecule has 0 bridgehead atoms. The van der Waals surface area contributed by atoms with Gasteiger partial charge in [-0.1, -0.05) is 37.3 Å². The molecule has 5 aromatic rings. The summed E-state index contributed by atoms with van der Waals surface area (Å²) in [5.74, 6) is 0.804. The molecule has 0 spiro atoms. The third-order valence-corrected chi connectivity index (χ3v) is 5.94. The average Bonchev–Trinajstić information content (AvgIpc) is 3.26. The van der Waals surface area contributed by atoms with E-state index in [1.165, 1.54) is 0 Å². The Morgan fingerprint density at radius 3 is 2.55 bits per heavy atom. The van der Waals surface area contributed by atoms with Crippen LogP contribution >= 0.6 is 0 Å². The molecular weight excluding hydrogens is 386 g/mol. The number of hydrogen-bond acceptors (Lipinski definition) is 4. The van der Waals surface area contributed by atoms with E-state index in [0.717, 1.165) is 38.7 Å². The Kier molecular flexibility index (Phi) is 4.68. The zero-order valence-electron chi connectivity index (χ0n) is 17.5. The first-order valence-corrected chi connectivity index (χ1v) is 10.3. The number of aliphatic hydroxyl groups is 1. The van der Waals surface area contributed by atoms with E-state index < -0.39 is 5.60 Å². The second-order valence-corrected chi connectivity index (χ2v) is 7.62. The number of nitrogens with zero attached hydrogens (tertiary/aromatic N) is 3. The average molecular weight is 409 g/mol. The van der Waals surface area contributed by atoms with Crippen molar-refractivity contribution in [1.82, 2.24) is 14.8 Å². The van der Waals surface area contributed by atoms with Crippen molar-refractivity contribution in [3.63, 3.8) is 0 Å². The summed E-state index contributed by atoms with van der Waals surface area (Å²) in [5.41, 5.74) is 2.20. The number of rotatable bonds is 5. The van der Waals surface area contributed by atoms with Crippen LogP contribution in [0.1, 0.15) is 24.6 Å². The van der Waals surface area contributed by atoms with Crippen molar-refractivity contribution in [3.05, 3.63) is 96.4 Å². The van der Waals surface area contributed by atoms with Gasteiger partial charge in [-0.2, -0.15) is 5.10 Å². The van der Waals surface area contributed by atoms with Gasteiger partial charge in [0.2, 0.25) is 0 Å². The molecule has 0 saturated carbocycles. The minimum atomic E-state index is -1.20. The first-order valence-electron chi connectivity index (χ1n) is 10.3. The number of aromatic nitrogens is 3. The van der Waals surface area contributed by atoms with E-state index in [2.05, 4.69) is 10.1 Å². The Balaban J connectivity index is 1.62. The van der Waals surface area contributed by atoms with Crippen LogP contribution in [0.2, 0.25) is 0 Å². The molecule has 0 aliphatic carbocycles. The highest BCUT2D eigenvalue weighted by molar-refractivity contribution is 5.86. The van der Waals surface area contributed by atoms with Crippen molar-refractivity contribution in [1.29, 1.82) is 0 Å². The molecule has 2 heterocycles. The summed E-state index contributed by atoms with van der Waals surface area (Å²) in [4.78, 5) is 4.59. The van der Waals surface area contributed by atoms with Gasteiger partial charge in [-0.3, -0.25) is 4.98 Å². The predicted molar refractivity (Wildman–Crippen MR) is 123 cm³/mol. The molecular formula is C26H23N3O2. The Bertz CT molecular complexity index is 1370. The molecule has 0 radical (unpaired) electrons. The second kappa shape index (κ2) is 7.52. The highest BCUT2D eigenvalue weighted by Gasteiger charge is 2.33. The van der Waals surface area contributed by atoms with Gasteiger partial charge in [0.1, 0.15) is 11.4 Å². The van der Waals surface area contributed by atoms with Crippen molar-refractivity contribution in [2.24, 2.45) is 0 Å². The molecule has 5 heteroatoms. The molecule has 0 aliphatic heterocycles. The minimum Gasteiger partial charge on any atom is -0.497 e. The van der Waals surface area contributed by atoms with E-state index in [4.69, 9.17) is 4.74 Å². The van der Waals surface area contributed by atoms with Gasteiger partial charge in [-0.05, 0) is 59.8 Å². The lowest BCUT2D eigenvalue weighted by Crippen LogP contribution is -2.28. The highest BCUT2D eigenvalue weighted by atomic mass is 16.5. The smallest absolute Gasteiger partial charge is 0.132 e. The van der Waals surface area contributed by atoms with E-state index in [0.29, 0.717) is 12.1 Å². The second-order valence-electron chi connectivity index (χ2n) is 7.62. The lowest BCUT2D eigenvalue weighted by molar-refractivity contribution is 0.0737. The van der Waals surface area contributed by atoms with Crippen LogP contribution in [-0.4, -0.2) is 27.0 Å². The van der Waals surface area contributed by atoms with Gasteiger partial charge in [0.15, 0.2) is 0 Å². The molecule has 0 amide bonds. The maximum atomic E-state index is 11.8. The summed E-state index contributed by atoms with van der Waals surface area (Å²) < 4.78 is 7.14. The monoisotopic (exact) mass is 409 g/mol. The van der Waals surface area contributed by atoms with Gasteiger partial charge in [-0.25, -0.2) is 4.68 Å². The quantitative estimate of drug-likeness (QED) is 0.432. The third-order valence-electron chi connectivity index (χ3n) is 5.94. The fraction of sp³-hybridized carbons (Fsp3) is 0.154. The molecule has 1 N–H and O–H groups in total. The van der Waals surface area contributed by atoms with Gasteiger partial charge in [-0.15, -0.1) is 0 Å². The maximum Gasteiger partial charge on any atom is 0.132 e. The van der Waals surface area contributed by atoms with Gasteiger partial charge in [0.25, 0.3) is 0 Å². The topological polar surface area (TPSA) is 60.2 Å². The summed E-state index contributed by atoms with van der Waals surface area (Å²) in [6.07, 6.45) is 4.10. The number of methoxy groups -OCH3 is 1. The molecule has 1 unspecified atom stereocenters. The van der Waals surface area contributed by atoms with E-state index in [-0.39, 0.29) is 0 Å². The summed E-state index contributed by atoms with van der Waals surface area (Å²) in [5, 5.41) is 19.4. The van der Waals surface area contributed by atoms with E-state index in [9.17, 15) is 5.11 Å². The largest absolute Gasteiger partial charge is 0.497 e. The van der Waals surface area contributed by atoms with Crippen LogP contribution in [0.4, 0.5) is 0 Å². The Morgan fingerprint density at radius 1 is 0.968 bits per heavy atom. The van der Waals surface area contributed by atoms with Crippen LogP contribution < -0.4 is 4.74 Å². The summed E-state index contributed by atoms with van der Waals surface area (Å²) in [7, 11) is 1.65.